The Morgan fingerprint density at radius 3 is 2.71 bits per heavy atom. The average Bonchev–Trinajstić information content (AvgIpc) is 3.08. The third-order valence-electron chi connectivity index (χ3n) is 3.24. The number of nitrogens with zero attached hydrogens (tertiary/aromatic N) is 3. The van der Waals surface area contributed by atoms with Crippen molar-refractivity contribution in [1.29, 1.82) is 0 Å². The van der Waals surface area contributed by atoms with Gasteiger partial charge < -0.3 is 15.4 Å². The Bertz CT molecular complexity index is 683. The summed E-state index contributed by atoms with van der Waals surface area (Å²) >= 11 is 0. The minimum absolute atomic E-state index is 0.00449. The normalized spacial score (nSPS) is 10.5. The summed E-state index contributed by atoms with van der Waals surface area (Å²) in [4.78, 5) is 22.2. The van der Waals surface area contributed by atoms with Gasteiger partial charge in [-0.05, 0) is 12.1 Å². The molecule has 0 spiro atoms. The van der Waals surface area contributed by atoms with Gasteiger partial charge in [0, 0.05) is 45.1 Å². The molecular weight excluding hydrogens is 314 g/mol. The minimum atomic E-state index is -0.466. The van der Waals surface area contributed by atoms with Crippen LogP contribution in [0.15, 0.2) is 36.7 Å². The second-order valence-corrected chi connectivity index (χ2v) is 4.95. The molecule has 1 aromatic carbocycles. The van der Waals surface area contributed by atoms with Gasteiger partial charge >= 0.3 is 0 Å². The van der Waals surface area contributed by atoms with Crippen LogP contribution in [0.1, 0.15) is 10.4 Å². The Labute approximate surface area is 138 Å². The zero-order chi connectivity index (χ0) is 17.4. The molecule has 0 aliphatic carbocycles. The summed E-state index contributed by atoms with van der Waals surface area (Å²) in [5.41, 5.74) is 1.07. The first-order valence-electron chi connectivity index (χ1n) is 7.39. The molecule has 0 aliphatic rings. The summed E-state index contributed by atoms with van der Waals surface area (Å²) in [6, 6.07) is 5.93. The molecule has 0 bridgehead atoms. The highest BCUT2D eigenvalue weighted by atomic mass is 16.6. The van der Waals surface area contributed by atoms with E-state index in [1.165, 1.54) is 23.0 Å². The maximum atomic E-state index is 12.0. The lowest BCUT2D eigenvalue weighted by Gasteiger charge is -2.05. The summed E-state index contributed by atoms with van der Waals surface area (Å²) in [6.07, 6.45) is 3.03. The molecule has 24 heavy (non-hydrogen) atoms. The molecule has 0 saturated carbocycles. The van der Waals surface area contributed by atoms with Gasteiger partial charge in [-0.3, -0.25) is 14.9 Å². The van der Waals surface area contributed by atoms with E-state index in [2.05, 4.69) is 15.7 Å². The van der Waals surface area contributed by atoms with Crippen molar-refractivity contribution >= 4 is 11.6 Å². The number of methoxy groups -OCH3 is 1. The first-order chi connectivity index (χ1) is 11.6. The van der Waals surface area contributed by atoms with Crippen molar-refractivity contribution in [1.82, 2.24) is 20.4 Å². The Kier molecular flexibility index (Phi) is 6.41. The van der Waals surface area contributed by atoms with E-state index in [1.54, 1.807) is 25.4 Å². The number of nitro benzene ring substituents is 1. The van der Waals surface area contributed by atoms with Crippen molar-refractivity contribution in [2.45, 2.75) is 0 Å². The minimum Gasteiger partial charge on any atom is -0.383 e. The van der Waals surface area contributed by atoms with Gasteiger partial charge in [0.05, 0.1) is 29.0 Å². The van der Waals surface area contributed by atoms with Crippen LogP contribution in [0.2, 0.25) is 0 Å². The van der Waals surface area contributed by atoms with Crippen LogP contribution in [-0.4, -0.2) is 54.0 Å². The molecule has 1 amide bonds. The molecule has 0 radical (unpaired) electrons. The number of nitro groups is 1. The zero-order valence-corrected chi connectivity index (χ0v) is 13.3. The van der Waals surface area contributed by atoms with Crippen LogP contribution in [0, 0.1) is 10.1 Å². The zero-order valence-electron chi connectivity index (χ0n) is 13.3. The standard InChI is InChI=1S/C15H19N5O4/c1-24-9-8-16-6-7-17-15(21)12-10-18-19(11-12)13-2-4-14(5-3-13)20(22)23/h2-5,10-11,16H,6-9H2,1H3,(H,17,21). The van der Waals surface area contributed by atoms with Gasteiger partial charge in [0.15, 0.2) is 0 Å². The monoisotopic (exact) mass is 333 g/mol. The molecule has 9 nitrogen and oxygen atoms in total. The molecule has 1 heterocycles. The van der Waals surface area contributed by atoms with Crippen LogP contribution in [0.25, 0.3) is 5.69 Å². The van der Waals surface area contributed by atoms with Gasteiger partial charge in [-0.25, -0.2) is 4.68 Å². The molecule has 2 N–H and O–H groups in total. The van der Waals surface area contributed by atoms with Crippen LogP contribution < -0.4 is 10.6 Å². The summed E-state index contributed by atoms with van der Waals surface area (Å²) in [5, 5.41) is 20.7. The average molecular weight is 333 g/mol. The highest BCUT2D eigenvalue weighted by molar-refractivity contribution is 5.93. The van der Waals surface area contributed by atoms with Crippen molar-refractivity contribution < 1.29 is 14.5 Å². The largest absolute Gasteiger partial charge is 0.383 e. The van der Waals surface area contributed by atoms with Gasteiger partial charge in [-0.1, -0.05) is 0 Å². The Hall–Kier alpha value is -2.78. The fourth-order valence-corrected chi connectivity index (χ4v) is 1.97. The molecule has 2 aromatic rings. The van der Waals surface area contributed by atoms with Gasteiger partial charge in [0.25, 0.3) is 11.6 Å². The maximum Gasteiger partial charge on any atom is 0.269 e. The van der Waals surface area contributed by atoms with Crippen LogP contribution in [0.5, 0.6) is 0 Å². The Morgan fingerprint density at radius 2 is 2.04 bits per heavy atom. The lowest BCUT2D eigenvalue weighted by atomic mass is 10.3. The van der Waals surface area contributed by atoms with E-state index in [1.807, 2.05) is 0 Å². The van der Waals surface area contributed by atoms with Crippen molar-refractivity contribution in [2.24, 2.45) is 0 Å². The Balaban J connectivity index is 1.87. The number of non-ortho nitro benzene ring substituents is 1. The fourth-order valence-electron chi connectivity index (χ4n) is 1.97. The molecule has 9 heteroatoms. The first kappa shape index (κ1) is 17.6. The number of carbonyl (C=O) groups is 1. The molecule has 0 aliphatic heterocycles. The molecule has 2 rings (SSSR count). The lowest BCUT2D eigenvalue weighted by molar-refractivity contribution is -0.384. The number of carbonyl (C=O) groups excluding carboxylic acids is 1. The van der Waals surface area contributed by atoms with Crippen molar-refractivity contribution in [2.75, 3.05) is 33.4 Å². The predicted molar refractivity (Wildman–Crippen MR) is 87.3 cm³/mol. The first-order valence-corrected chi connectivity index (χ1v) is 7.39. The van der Waals surface area contributed by atoms with E-state index < -0.39 is 4.92 Å². The fraction of sp³-hybridized carbons (Fsp3) is 0.333. The lowest BCUT2D eigenvalue weighted by Crippen LogP contribution is -2.32. The third-order valence-corrected chi connectivity index (χ3v) is 3.24. The number of ether oxygens (including phenoxy) is 1. The number of hydrogen-bond donors (Lipinski definition) is 2. The van der Waals surface area contributed by atoms with Gasteiger partial charge in [0.1, 0.15) is 0 Å². The van der Waals surface area contributed by atoms with Crippen LogP contribution in [0.3, 0.4) is 0 Å². The van der Waals surface area contributed by atoms with E-state index in [0.717, 1.165) is 6.54 Å². The number of rotatable bonds is 9. The summed E-state index contributed by atoms with van der Waals surface area (Å²) in [7, 11) is 1.63. The number of hydrogen-bond acceptors (Lipinski definition) is 6. The van der Waals surface area contributed by atoms with Crippen molar-refractivity contribution in [3.8, 4) is 5.69 Å². The van der Waals surface area contributed by atoms with Gasteiger partial charge in [-0.15, -0.1) is 0 Å². The van der Waals surface area contributed by atoms with Crippen molar-refractivity contribution in [3.05, 3.63) is 52.3 Å². The molecule has 128 valence electrons. The summed E-state index contributed by atoms with van der Waals surface area (Å²) in [5.74, 6) is -0.225. The Morgan fingerprint density at radius 1 is 1.29 bits per heavy atom. The predicted octanol–water partition coefficient (Wildman–Crippen LogP) is 0.746. The van der Waals surface area contributed by atoms with Crippen LogP contribution in [-0.2, 0) is 4.74 Å². The van der Waals surface area contributed by atoms with E-state index in [0.29, 0.717) is 30.9 Å². The van der Waals surface area contributed by atoms with E-state index in [-0.39, 0.29) is 11.6 Å². The topological polar surface area (TPSA) is 111 Å². The number of benzene rings is 1. The molecule has 0 fully saturated rings. The van der Waals surface area contributed by atoms with Crippen LogP contribution >= 0.6 is 0 Å². The second-order valence-electron chi connectivity index (χ2n) is 4.95. The summed E-state index contributed by atoms with van der Waals surface area (Å²) < 4.78 is 6.40. The molecule has 0 saturated heterocycles. The SMILES string of the molecule is COCCNCCNC(=O)c1cnn(-c2ccc([N+](=O)[O-])cc2)c1. The number of amides is 1. The maximum absolute atomic E-state index is 12.0. The van der Waals surface area contributed by atoms with E-state index >= 15 is 0 Å². The molecule has 0 unspecified atom stereocenters. The van der Waals surface area contributed by atoms with Gasteiger partial charge in [-0.2, -0.15) is 5.10 Å². The molecular formula is C15H19N5O4. The van der Waals surface area contributed by atoms with Gasteiger partial charge in [0.2, 0.25) is 0 Å². The van der Waals surface area contributed by atoms with E-state index in [4.69, 9.17) is 4.74 Å². The number of nitrogens with one attached hydrogen (secondary N) is 2. The van der Waals surface area contributed by atoms with Crippen LogP contribution in [0.4, 0.5) is 5.69 Å². The highest BCUT2D eigenvalue weighted by Gasteiger charge is 2.10. The van der Waals surface area contributed by atoms with E-state index in [9.17, 15) is 14.9 Å². The summed E-state index contributed by atoms with van der Waals surface area (Å²) in [6.45, 7) is 2.48. The third kappa shape index (κ3) is 4.86. The quantitative estimate of drug-likeness (QED) is 0.398. The highest BCUT2D eigenvalue weighted by Crippen LogP contribution is 2.15. The van der Waals surface area contributed by atoms with Crippen molar-refractivity contribution in [3.63, 3.8) is 0 Å². The second kappa shape index (κ2) is 8.75. The smallest absolute Gasteiger partial charge is 0.269 e. The molecule has 0 atom stereocenters. The number of aromatic nitrogens is 2. The molecule has 1 aromatic heterocycles.